The van der Waals surface area contributed by atoms with Gasteiger partial charge in [-0.15, -0.1) is 0 Å². The van der Waals surface area contributed by atoms with Crippen LogP contribution >= 0.6 is 0 Å². The van der Waals surface area contributed by atoms with Gasteiger partial charge in [0.2, 0.25) is 0 Å². The highest BCUT2D eigenvalue weighted by atomic mass is 16.6. The lowest BCUT2D eigenvalue weighted by atomic mass is 10.2. The van der Waals surface area contributed by atoms with E-state index in [4.69, 9.17) is 4.84 Å². The predicted octanol–water partition coefficient (Wildman–Crippen LogP) is 2.56. The van der Waals surface area contributed by atoms with E-state index in [0.717, 1.165) is 24.4 Å². The maximum absolute atomic E-state index is 5.24. The second-order valence-electron chi connectivity index (χ2n) is 4.13. The largest absolute Gasteiger partial charge is 0.391 e. The van der Waals surface area contributed by atoms with E-state index in [2.05, 4.69) is 17.1 Å². The minimum absolute atomic E-state index is 0.478. The van der Waals surface area contributed by atoms with Crippen molar-refractivity contribution in [2.75, 3.05) is 20.6 Å². The molecule has 0 fully saturated rings. The Morgan fingerprint density at radius 1 is 1.28 bits per heavy atom. The van der Waals surface area contributed by atoms with Crippen LogP contribution in [-0.4, -0.2) is 37.6 Å². The quantitative estimate of drug-likeness (QED) is 0.440. The predicted molar refractivity (Wildman–Crippen MR) is 76.0 cm³/mol. The van der Waals surface area contributed by atoms with E-state index in [1.807, 2.05) is 49.3 Å². The molecule has 0 aliphatic heterocycles. The van der Waals surface area contributed by atoms with Crippen molar-refractivity contribution < 1.29 is 4.84 Å². The second-order valence-corrected chi connectivity index (χ2v) is 4.13. The van der Waals surface area contributed by atoms with E-state index in [-0.39, 0.29) is 0 Å². The van der Waals surface area contributed by atoms with E-state index in [1.165, 1.54) is 0 Å². The Balaban J connectivity index is 2.43. The Morgan fingerprint density at radius 3 is 2.61 bits per heavy atom. The van der Waals surface area contributed by atoms with Crippen LogP contribution in [0.2, 0.25) is 0 Å². The highest BCUT2D eigenvalue weighted by Crippen LogP contribution is 2.00. The summed E-state index contributed by atoms with van der Waals surface area (Å²) in [6.07, 6.45) is 2.68. The normalized spacial score (nSPS) is 11.8. The average Bonchev–Trinajstić information content (AvgIpc) is 2.38. The molecule has 0 aliphatic rings. The van der Waals surface area contributed by atoms with E-state index in [1.54, 1.807) is 6.21 Å². The maximum Gasteiger partial charge on any atom is 0.145 e. The summed E-state index contributed by atoms with van der Waals surface area (Å²) < 4.78 is 0. The molecule has 0 aromatic heterocycles. The van der Waals surface area contributed by atoms with E-state index >= 15 is 0 Å². The van der Waals surface area contributed by atoms with Crippen LogP contribution in [0.25, 0.3) is 0 Å². The van der Waals surface area contributed by atoms with Crippen LogP contribution in [0.5, 0.6) is 0 Å². The zero-order chi connectivity index (χ0) is 13.2. The van der Waals surface area contributed by atoms with Crippen molar-refractivity contribution in [3.8, 4) is 0 Å². The third-order valence-corrected chi connectivity index (χ3v) is 2.27. The number of benzene rings is 1. The number of hydrogen-bond donors (Lipinski definition) is 0. The summed E-state index contributed by atoms with van der Waals surface area (Å²) in [5, 5.41) is 3.94. The average molecular weight is 247 g/mol. The van der Waals surface area contributed by atoms with Gasteiger partial charge in [0, 0.05) is 20.6 Å². The lowest BCUT2D eigenvalue weighted by Crippen LogP contribution is -2.23. The zero-order valence-corrected chi connectivity index (χ0v) is 11.3. The van der Waals surface area contributed by atoms with Crippen molar-refractivity contribution in [1.29, 1.82) is 0 Å². The SMILES string of the molecule is CCCN=C(/C=N/OCc1ccccc1)N(C)C. The summed E-state index contributed by atoms with van der Waals surface area (Å²) in [4.78, 5) is 11.6. The molecule has 0 bridgehead atoms. The van der Waals surface area contributed by atoms with Crippen LogP contribution in [-0.2, 0) is 11.4 Å². The molecule has 0 aliphatic carbocycles. The summed E-state index contributed by atoms with van der Waals surface area (Å²) in [5.41, 5.74) is 1.10. The van der Waals surface area contributed by atoms with E-state index < -0.39 is 0 Å². The van der Waals surface area contributed by atoms with Crippen LogP contribution in [0, 0.1) is 0 Å². The molecular weight excluding hydrogens is 226 g/mol. The molecule has 4 nitrogen and oxygen atoms in total. The Hall–Kier alpha value is -1.84. The maximum atomic E-state index is 5.24. The van der Waals surface area contributed by atoms with Crippen molar-refractivity contribution in [3.63, 3.8) is 0 Å². The lowest BCUT2D eigenvalue weighted by Gasteiger charge is -2.11. The molecule has 0 heterocycles. The summed E-state index contributed by atoms with van der Waals surface area (Å²) in [7, 11) is 3.88. The van der Waals surface area contributed by atoms with Crippen LogP contribution in [0.4, 0.5) is 0 Å². The fourth-order valence-electron chi connectivity index (χ4n) is 1.29. The van der Waals surface area contributed by atoms with Crippen LogP contribution < -0.4 is 0 Å². The number of oxime groups is 1. The first-order valence-corrected chi connectivity index (χ1v) is 6.15. The van der Waals surface area contributed by atoms with E-state index in [9.17, 15) is 0 Å². The third kappa shape index (κ3) is 5.48. The van der Waals surface area contributed by atoms with Crippen LogP contribution in [0.1, 0.15) is 18.9 Å². The summed E-state index contributed by atoms with van der Waals surface area (Å²) in [6, 6.07) is 9.96. The van der Waals surface area contributed by atoms with Gasteiger partial charge in [-0.1, -0.05) is 42.4 Å². The molecule has 0 spiro atoms. The van der Waals surface area contributed by atoms with Crippen molar-refractivity contribution in [3.05, 3.63) is 35.9 Å². The van der Waals surface area contributed by atoms with Gasteiger partial charge in [0.1, 0.15) is 18.7 Å². The van der Waals surface area contributed by atoms with Gasteiger partial charge in [-0.3, -0.25) is 4.99 Å². The van der Waals surface area contributed by atoms with Crippen LogP contribution in [0.15, 0.2) is 40.5 Å². The monoisotopic (exact) mass is 247 g/mol. The molecule has 1 rings (SSSR count). The van der Waals surface area contributed by atoms with Gasteiger partial charge >= 0.3 is 0 Å². The van der Waals surface area contributed by atoms with Gasteiger partial charge in [-0.05, 0) is 12.0 Å². The van der Waals surface area contributed by atoms with Crippen molar-refractivity contribution in [2.45, 2.75) is 20.0 Å². The Morgan fingerprint density at radius 2 is 2.00 bits per heavy atom. The molecule has 0 saturated carbocycles. The molecule has 0 saturated heterocycles. The van der Waals surface area contributed by atoms with Gasteiger partial charge in [0.25, 0.3) is 0 Å². The first-order chi connectivity index (χ1) is 8.74. The van der Waals surface area contributed by atoms with Gasteiger partial charge in [0.05, 0.1) is 0 Å². The third-order valence-electron chi connectivity index (χ3n) is 2.27. The fourth-order valence-corrected chi connectivity index (χ4v) is 1.29. The molecule has 4 heteroatoms. The Labute approximate surface area is 109 Å². The molecule has 0 amide bonds. The van der Waals surface area contributed by atoms with Crippen molar-refractivity contribution >= 4 is 12.1 Å². The first kappa shape index (κ1) is 14.2. The van der Waals surface area contributed by atoms with Gasteiger partial charge in [-0.25, -0.2) is 0 Å². The number of aliphatic imine (C=N–C) groups is 1. The van der Waals surface area contributed by atoms with E-state index in [0.29, 0.717) is 6.61 Å². The molecule has 18 heavy (non-hydrogen) atoms. The number of hydrogen-bond acceptors (Lipinski definition) is 3. The number of nitrogens with zero attached hydrogens (tertiary/aromatic N) is 3. The highest BCUT2D eigenvalue weighted by Gasteiger charge is 1.97. The first-order valence-electron chi connectivity index (χ1n) is 6.15. The number of rotatable bonds is 6. The number of amidine groups is 1. The second kappa shape index (κ2) is 8.28. The summed E-state index contributed by atoms with van der Waals surface area (Å²) >= 11 is 0. The molecule has 0 radical (unpaired) electrons. The summed E-state index contributed by atoms with van der Waals surface area (Å²) in [5.74, 6) is 0.824. The molecule has 0 atom stereocenters. The van der Waals surface area contributed by atoms with Crippen molar-refractivity contribution in [1.82, 2.24) is 4.90 Å². The molecule has 1 aromatic rings. The molecule has 0 N–H and O–H groups in total. The molecule has 1 aromatic carbocycles. The molecule has 0 unspecified atom stereocenters. The molecule has 98 valence electrons. The minimum atomic E-state index is 0.478. The Kier molecular flexibility index (Phi) is 6.54. The topological polar surface area (TPSA) is 37.2 Å². The van der Waals surface area contributed by atoms with Crippen molar-refractivity contribution in [2.24, 2.45) is 10.1 Å². The molecular formula is C14H21N3O. The highest BCUT2D eigenvalue weighted by molar-refractivity contribution is 6.28. The zero-order valence-electron chi connectivity index (χ0n) is 11.3. The van der Waals surface area contributed by atoms with Crippen LogP contribution in [0.3, 0.4) is 0 Å². The fraction of sp³-hybridized carbons (Fsp3) is 0.429. The van der Waals surface area contributed by atoms with Gasteiger partial charge in [-0.2, -0.15) is 0 Å². The minimum Gasteiger partial charge on any atom is -0.391 e. The summed E-state index contributed by atoms with van der Waals surface area (Å²) in [6.45, 7) is 3.38. The smallest absolute Gasteiger partial charge is 0.145 e. The van der Waals surface area contributed by atoms with Gasteiger partial charge < -0.3 is 9.74 Å². The Bertz CT molecular complexity index is 385. The standard InChI is InChI=1S/C14H21N3O/c1-4-10-15-14(17(2)3)11-16-18-12-13-8-6-5-7-9-13/h5-9,11H,4,10,12H2,1-3H3/b15-14?,16-11+. The lowest BCUT2D eigenvalue weighted by molar-refractivity contribution is 0.132. The van der Waals surface area contributed by atoms with Gasteiger partial charge in [0.15, 0.2) is 0 Å².